The minimum absolute atomic E-state index is 0.134. The van der Waals surface area contributed by atoms with Crippen molar-refractivity contribution in [1.82, 2.24) is 20.2 Å². The van der Waals surface area contributed by atoms with Crippen LogP contribution in [0.4, 0.5) is 5.69 Å². The highest BCUT2D eigenvalue weighted by molar-refractivity contribution is 6.01. The van der Waals surface area contributed by atoms with E-state index < -0.39 is 0 Å². The van der Waals surface area contributed by atoms with Gasteiger partial charge >= 0.3 is 0 Å². The van der Waals surface area contributed by atoms with Gasteiger partial charge in [0.05, 0.1) is 0 Å². The number of likely N-dealkylation sites (tertiary alicyclic amines) is 1. The summed E-state index contributed by atoms with van der Waals surface area (Å²) in [6.07, 6.45) is 11.0. The van der Waals surface area contributed by atoms with Crippen molar-refractivity contribution in [2.45, 2.75) is 57.5 Å². The number of nitrogens with zero attached hydrogens (tertiary/aromatic N) is 3. The predicted octanol–water partition coefficient (Wildman–Crippen LogP) is 3.39. The topological polar surface area (TPSA) is 87.2 Å². The Bertz CT molecular complexity index is 875. The molecule has 0 bridgehead atoms. The second kappa shape index (κ2) is 10.5. The highest BCUT2D eigenvalue weighted by Crippen LogP contribution is 2.22. The summed E-state index contributed by atoms with van der Waals surface area (Å²) in [7, 11) is 0. The standard InChI is InChI=1S/C24H31N5O2/c30-23(27-20-7-2-1-3-8-20)19-10-14-29(15-11-19)17-18-6-4-9-21(16-18)28-24(31)22-25-12-5-13-26-22/h4-6,9,12-13,16,19-20H,1-3,7-8,10-11,14-15,17H2,(H,27,30)(H,28,31). The van der Waals surface area contributed by atoms with Crippen molar-refractivity contribution in [3.63, 3.8) is 0 Å². The van der Waals surface area contributed by atoms with Crippen LogP contribution in [0.2, 0.25) is 0 Å². The number of amides is 2. The van der Waals surface area contributed by atoms with E-state index in [0.717, 1.165) is 56.6 Å². The molecule has 2 aliphatic rings. The minimum Gasteiger partial charge on any atom is -0.353 e. The molecular weight excluding hydrogens is 390 g/mol. The molecule has 1 aliphatic carbocycles. The Labute approximate surface area is 183 Å². The van der Waals surface area contributed by atoms with E-state index in [1.54, 1.807) is 18.5 Å². The van der Waals surface area contributed by atoms with Crippen molar-refractivity contribution < 1.29 is 9.59 Å². The molecule has 0 unspecified atom stereocenters. The lowest BCUT2D eigenvalue weighted by Crippen LogP contribution is -2.44. The molecular formula is C24H31N5O2. The molecule has 7 heteroatoms. The van der Waals surface area contributed by atoms with E-state index in [1.165, 1.54) is 19.3 Å². The Morgan fingerprint density at radius 1 is 0.968 bits per heavy atom. The molecule has 4 rings (SSSR count). The van der Waals surface area contributed by atoms with Crippen LogP contribution in [-0.4, -0.2) is 45.8 Å². The summed E-state index contributed by atoms with van der Waals surface area (Å²) in [5, 5.41) is 6.15. The quantitative estimate of drug-likeness (QED) is 0.747. The number of aromatic nitrogens is 2. The predicted molar refractivity (Wildman–Crippen MR) is 119 cm³/mol. The smallest absolute Gasteiger partial charge is 0.293 e. The van der Waals surface area contributed by atoms with Crippen molar-refractivity contribution >= 4 is 17.5 Å². The maximum Gasteiger partial charge on any atom is 0.293 e. The number of benzene rings is 1. The Hall–Kier alpha value is -2.80. The summed E-state index contributed by atoms with van der Waals surface area (Å²) >= 11 is 0. The number of anilines is 1. The number of carbonyl (C=O) groups is 2. The fraction of sp³-hybridized carbons (Fsp3) is 0.500. The second-order valence-electron chi connectivity index (χ2n) is 8.62. The van der Waals surface area contributed by atoms with E-state index in [4.69, 9.17) is 0 Å². The summed E-state index contributed by atoms with van der Waals surface area (Å²) in [6, 6.07) is 9.94. The first-order valence-corrected chi connectivity index (χ1v) is 11.4. The lowest BCUT2D eigenvalue weighted by Gasteiger charge is -2.32. The van der Waals surface area contributed by atoms with Crippen LogP contribution in [0.25, 0.3) is 0 Å². The molecule has 1 aliphatic heterocycles. The zero-order valence-electron chi connectivity index (χ0n) is 17.9. The van der Waals surface area contributed by atoms with Crippen molar-refractivity contribution in [2.24, 2.45) is 5.92 Å². The van der Waals surface area contributed by atoms with Gasteiger partial charge in [0.25, 0.3) is 5.91 Å². The Morgan fingerprint density at radius 3 is 2.45 bits per heavy atom. The molecule has 7 nitrogen and oxygen atoms in total. The monoisotopic (exact) mass is 421 g/mol. The minimum atomic E-state index is -0.317. The molecule has 2 aromatic rings. The lowest BCUT2D eigenvalue weighted by atomic mass is 9.92. The normalized spacial score (nSPS) is 18.5. The first-order chi connectivity index (χ1) is 15.2. The third-order valence-corrected chi connectivity index (χ3v) is 6.27. The maximum absolute atomic E-state index is 12.6. The highest BCUT2D eigenvalue weighted by Gasteiger charge is 2.27. The number of carbonyl (C=O) groups excluding carboxylic acids is 2. The van der Waals surface area contributed by atoms with E-state index in [2.05, 4.69) is 31.6 Å². The second-order valence-corrected chi connectivity index (χ2v) is 8.62. The van der Waals surface area contributed by atoms with Gasteiger partial charge in [0.15, 0.2) is 0 Å². The van der Waals surface area contributed by atoms with Crippen LogP contribution in [0.15, 0.2) is 42.7 Å². The highest BCUT2D eigenvalue weighted by atomic mass is 16.2. The molecule has 164 valence electrons. The first-order valence-electron chi connectivity index (χ1n) is 11.4. The third kappa shape index (κ3) is 6.10. The Morgan fingerprint density at radius 2 is 1.71 bits per heavy atom. The van der Waals surface area contributed by atoms with Crippen LogP contribution in [-0.2, 0) is 11.3 Å². The fourth-order valence-electron chi connectivity index (χ4n) is 4.53. The molecule has 0 radical (unpaired) electrons. The molecule has 1 aromatic carbocycles. The molecule has 2 fully saturated rings. The molecule has 0 atom stereocenters. The number of hydrogen-bond donors (Lipinski definition) is 2. The van der Waals surface area contributed by atoms with Crippen molar-refractivity contribution in [1.29, 1.82) is 0 Å². The van der Waals surface area contributed by atoms with E-state index in [1.807, 2.05) is 18.2 Å². The molecule has 1 aromatic heterocycles. The largest absolute Gasteiger partial charge is 0.353 e. The molecule has 2 N–H and O–H groups in total. The van der Waals surface area contributed by atoms with Crippen molar-refractivity contribution in [3.8, 4) is 0 Å². The van der Waals surface area contributed by atoms with Gasteiger partial charge in [0.1, 0.15) is 0 Å². The van der Waals surface area contributed by atoms with Gasteiger partial charge < -0.3 is 10.6 Å². The van der Waals surface area contributed by atoms with Crippen molar-refractivity contribution in [3.05, 3.63) is 54.1 Å². The summed E-state index contributed by atoms with van der Waals surface area (Å²) in [6.45, 7) is 2.64. The summed E-state index contributed by atoms with van der Waals surface area (Å²) < 4.78 is 0. The van der Waals surface area contributed by atoms with Gasteiger partial charge in [-0.05, 0) is 62.5 Å². The van der Waals surface area contributed by atoms with E-state index >= 15 is 0 Å². The van der Waals surface area contributed by atoms with Crippen molar-refractivity contribution in [2.75, 3.05) is 18.4 Å². The van der Waals surface area contributed by atoms with Gasteiger partial charge in [-0.15, -0.1) is 0 Å². The van der Waals surface area contributed by atoms with Gasteiger partial charge in [-0.3, -0.25) is 14.5 Å². The van der Waals surface area contributed by atoms with E-state index in [0.29, 0.717) is 6.04 Å². The Balaban J connectivity index is 1.25. The van der Waals surface area contributed by atoms with Gasteiger partial charge in [-0.2, -0.15) is 0 Å². The maximum atomic E-state index is 12.6. The van der Waals surface area contributed by atoms with Crippen LogP contribution in [0, 0.1) is 5.92 Å². The molecule has 2 amide bonds. The molecule has 1 saturated heterocycles. The zero-order chi connectivity index (χ0) is 21.5. The Kier molecular flexibility index (Phi) is 7.25. The molecule has 1 saturated carbocycles. The third-order valence-electron chi connectivity index (χ3n) is 6.27. The van der Waals surface area contributed by atoms with Crippen LogP contribution in [0.3, 0.4) is 0 Å². The van der Waals surface area contributed by atoms with Crippen LogP contribution >= 0.6 is 0 Å². The van der Waals surface area contributed by atoms with Gasteiger partial charge in [0, 0.05) is 36.6 Å². The fourth-order valence-corrected chi connectivity index (χ4v) is 4.53. The molecule has 31 heavy (non-hydrogen) atoms. The van der Waals surface area contributed by atoms with Gasteiger partial charge in [-0.25, -0.2) is 9.97 Å². The molecule has 2 heterocycles. The lowest BCUT2D eigenvalue weighted by molar-refractivity contribution is -0.127. The SMILES string of the molecule is O=C(Nc1cccc(CN2CCC(C(=O)NC3CCCCC3)CC2)c1)c1ncccn1. The number of nitrogens with one attached hydrogen (secondary N) is 2. The van der Waals surface area contributed by atoms with E-state index in [-0.39, 0.29) is 23.6 Å². The zero-order valence-corrected chi connectivity index (χ0v) is 17.9. The average Bonchev–Trinajstić information content (AvgIpc) is 2.81. The van der Waals surface area contributed by atoms with Crippen LogP contribution < -0.4 is 10.6 Å². The number of piperidine rings is 1. The van der Waals surface area contributed by atoms with Crippen LogP contribution in [0.5, 0.6) is 0 Å². The van der Waals surface area contributed by atoms with E-state index in [9.17, 15) is 9.59 Å². The molecule has 0 spiro atoms. The first kappa shape index (κ1) is 21.4. The van der Waals surface area contributed by atoms with Crippen LogP contribution in [0.1, 0.15) is 61.1 Å². The summed E-state index contributed by atoms with van der Waals surface area (Å²) in [5.41, 5.74) is 1.87. The van der Waals surface area contributed by atoms with Gasteiger partial charge in [-0.1, -0.05) is 31.4 Å². The van der Waals surface area contributed by atoms with Gasteiger partial charge in [0.2, 0.25) is 11.7 Å². The summed E-state index contributed by atoms with van der Waals surface area (Å²) in [5.74, 6) is 0.220. The number of hydrogen-bond acceptors (Lipinski definition) is 5. The average molecular weight is 422 g/mol. The number of rotatable bonds is 6. The summed E-state index contributed by atoms with van der Waals surface area (Å²) in [4.78, 5) is 35.2.